The zero-order valence-electron chi connectivity index (χ0n) is 18.3. The monoisotopic (exact) mass is 485 g/mol. The van der Waals surface area contributed by atoms with Gasteiger partial charge in [0, 0.05) is 43.2 Å². The fraction of sp³-hybridized carbons (Fsp3) is 0.435. The summed E-state index contributed by atoms with van der Waals surface area (Å²) in [5.74, 6) is 2.25. The topological polar surface area (TPSA) is 97.2 Å². The highest BCUT2D eigenvalue weighted by Crippen LogP contribution is 2.29. The molecule has 1 unspecified atom stereocenters. The van der Waals surface area contributed by atoms with Gasteiger partial charge in [-0.1, -0.05) is 12.5 Å². The van der Waals surface area contributed by atoms with Crippen LogP contribution < -0.4 is 4.72 Å². The molecule has 3 aromatic rings. The molecule has 1 aromatic carbocycles. The summed E-state index contributed by atoms with van der Waals surface area (Å²) in [7, 11) is -3.61. The van der Waals surface area contributed by atoms with E-state index in [1.54, 1.807) is 41.8 Å². The van der Waals surface area contributed by atoms with E-state index in [9.17, 15) is 13.2 Å². The molecular formula is C23H27N5O3S2. The number of piperidine rings is 1. The lowest BCUT2D eigenvalue weighted by atomic mass is 9.96. The number of carbonyl (C=O) groups excluding carboxylic acids is 1. The molecule has 2 aromatic heterocycles. The summed E-state index contributed by atoms with van der Waals surface area (Å²) in [6, 6.07) is 9.90. The fourth-order valence-electron chi connectivity index (χ4n) is 4.67. The van der Waals surface area contributed by atoms with Crippen LogP contribution in [0.3, 0.4) is 0 Å². The van der Waals surface area contributed by atoms with Crippen molar-refractivity contribution in [3.05, 3.63) is 59.0 Å². The van der Waals surface area contributed by atoms with E-state index in [2.05, 4.69) is 19.5 Å². The van der Waals surface area contributed by atoms with Crippen molar-refractivity contribution in [2.24, 2.45) is 0 Å². The van der Waals surface area contributed by atoms with Gasteiger partial charge < -0.3 is 9.47 Å². The third kappa shape index (κ3) is 4.67. The van der Waals surface area contributed by atoms with E-state index >= 15 is 0 Å². The Hall–Kier alpha value is -2.72. The number of anilines is 1. The number of sulfonamides is 1. The molecule has 2 aliphatic rings. The third-order valence-corrected chi connectivity index (χ3v) is 9.13. The maximum atomic E-state index is 13.2. The number of nitrogens with one attached hydrogen (secondary N) is 1. The number of aryl methyl sites for hydroxylation is 1. The number of thiophene rings is 1. The zero-order chi connectivity index (χ0) is 22.8. The van der Waals surface area contributed by atoms with E-state index < -0.39 is 10.0 Å². The molecule has 0 saturated carbocycles. The average molecular weight is 486 g/mol. The van der Waals surface area contributed by atoms with E-state index in [0.717, 1.165) is 61.6 Å². The predicted molar refractivity (Wildman–Crippen MR) is 127 cm³/mol. The lowest BCUT2D eigenvalue weighted by Crippen LogP contribution is -2.39. The first-order chi connectivity index (χ1) is 16.0. The van der Waals surface area contributed by atoms with E-state index in [-0.39, 0.29) is 16.0 Å². The van der Waals surface area contributed by atoms with Gasteiger partial charge in [-0.3, -0.25) is 9.52 Å². The highest BCUT2D eigenvalue weighted by Gasteiger charge is 2.30. The van der Waals surface area contributed by atoms with Crippen LogP contribution in [-0.4, -0.2) is 47.1 Å². The van der Waals surface area contributed by atoms with E-state index in [0.29, 0.717) is 24.3 Å². The summed E-state index contributed by atoms with van der Waals surface area (Å²) in [6.07, 6.45) is 6.44. The average Bonchev–Trinajstić information content (AvgIpc) is 3.46. The summed E-state index contributed by atoms with van der Waals surface area (Å²) < 4.78 is 29.9. The van der Waals surface area contributed by atoms with Gasteiger partial charge in [0.05, 0.1) is 0 Å². The molecule has 5 rings (SSSR count). The molecule has 0 spiro atoms. The van der Waals surface area contributed by atoms with Gasteiger partial charge in [-0.2, -0.15) is 0 Å². The van der Waals surface area contributed by atoms with Crippen LogP contribution in [0.5, 0.6) is 0 Å². The number of likely N-dealkylation sites (tertiary alicyclic amines) is 1. The molecule has 1 atom stereocenters. The minimum atomic E-state index is -3.61. The zero-order valence-corrected chi connectivity index (χ0v) is 19.9. The van der Waals surface area contributed by atoms with Crippen LogP contribution in [0.25, 0.3) is 0 Å². The van der Waals surface area contributed by atoms with Crippen LogP contribution >= 0.6 is 11.3 Å². The number of hydrogen-bond donors (Lipinski definition) is 1. The Balaban J connectivity index is 1.27. The minimum absolute atomic E-state index is 0.0389. The van der Waals surface area contributed by atoms with E-state index in [1.165, 1.54) is 6.42 Å². The lowest BCUT2D eigenvalue weighted by Gasteiger charge is -2.32. The fourth-order valence-corrected chi connectivity index (χ4v) is 6.72. The molecule has 174 valence electrons. The smallest absolute Gasteiger partial charge is 0.271 e. The van der Waals surface area contributed by atoms with Gasteiger partial charge in [-0.15, -0.1) is 21.5 Å². The SMILES string of the molecule is O=C(c1ccc(NS(=O)(=O)c2cccs2)cc1)N1CCCC(c2nnc3n2CCCCC3)C1. The van der Waals surface area contributed by atoms with Gasteiger partial charge in [-0.05, 0) is 61.4 Å². The Labute approximate surface area is 197 Å². The maximum Gasteiger partial charge on any atom is 0.271 e. The van der Waals surface area contributed by atoms with Crippen molar-refractivity contribution < 1.29 is 13.2 Å². The van der Waals surface area contributed by atoms with Crippen LogP contribution in [0.4, 0.5) is 5.69 Å². The molecule has 0 radical (unpaired) electrons. The molecule has 1 amide bonds. The molecule has 4 heterocycles. The van der Waals surface area contributed by atoms with Crippen molar-refractivity contribution in [3.63, 3.8) is 0 Å². The minimum Gasteiger partial charge on any atom is -0.338 e. The van der Waals surface area contributed by atoms with Crippen LogP contribution in [0.1, 0.15) is 60.0 Å². The predicted octanol–water partition coefficient (Wildman–Crippen LogP) is 3.89. The quantitative estimate of drug-likeness (QED) is 0.591. The molecule has 0 aliphatic carbocycles. The van der Waals surface area contributed by atoms with Gasteiger partial charge in [0.2, 0.25) is 0 Å². The highest BCUT2D eigenvalue weighted by atomic mass is 32.2. The van der Waals surface area contributed by atoms with Crippen molar-refractivity contribution in [1.82, 2.24) is 19.7 Å². The number of benzene rings is 1. The number of nitrogens with zero attached hydrogens (tertiary/aromatic N) is 4. The molecule has 0 bridgehead atoms. The Bertz CT molecular complexity index is 1220. The molecule has 10 heteroatoms. The molecular weight excluding hydrogens is 458 g/mol. The van der Waals surface area contributed by atoms with Crippen molar-refractivity contribution >= 4 is 33.0 Å². The first-order valence-corrected chi connectivity index (χ1v) is 13.8. The Morgan fingerprint density at radius 2 is 1.88 bits per heavy atom. The van der Waals surface area contributed by atoms with E-state index in [4.69, 9.17) is 0 Å². The molecule has 1 fully saturated rings. The number of aromatic nitrogens is 3. The summed E-state index contributed by atoms with van der Waals surface area (Å²) >= 11 is 1.16. The number of carbonyl (C=O) groups is 1. The summed E-state index contributed by atoms with van der Waals surface area (Å²) in [5.41, 5.74) is 0.984. The standard InChI is InChI=1S/C23H27N5O3S2/c29-23(17-9-11-19(12-10-17)26-33(30,31)21-8-5-15-32-21)27-13-4-6-18(16-27)22-25-24-20-7-2-1-3-14-28(20)22/h5,8-12,15,18,26H,1-4,6-7,13-14,16H2. The molecule has 33 heavy (non-hydrogen) atoms. The van der Waals surface area contributed by atoms with Crippen LogP contribution in [-0.2, 0) is 23.0 Å². The van der Waals surface area contributed by atoms with Crippen molar-refractivity contribution in [2.75, 3.05) is 17.8 Å². The van der Waals surface area contributed by atoms with Gasteiger partial charge in [-0.25, -0.2) is 8.42 Å². The van der Waals surface area contributed by atoms with E-state index in [1.807, 2.05) is 4.90 Å². The van der Waals surface area contributed by atoms with Gasteiger partial charge >= 0.3 is 0 Å². The number of fused-ring (bicyclic) bond motifs is 1. The number of hydrogen-bond acceptors (Lipinski definition) is 6. The highest BCUT2D eigenvalue weighted by molar-refractivity contribution is 7.94. The maximum absolute atomic E-state index is 13.2. The summed E-state index contributed by atoms with van der Waals surface area (Å²) in [4.78, 5) is 15.1. The van der Waals surface area contributed by atoms with Crippen molar-refractivity contribution in [3.8, 4) is 0 Å². The molecule has 2 aliphatic heterocycles. The first kappa shape index (κ1) is 22.1. The Morgan fingerprint density at radius 1 is 1.03 bits per heavy atom. The van der Waals surface area contributed by atoms with Crippen LogP contribution in [0.2, 0.25) is 0 Å². The number of rotatable bonds is 5. The number of amides is 1. The summed E-state index contributed by atoms with van der Waals surface area (Å²) in [5, 5.41) is 10.7. The first-order valence-electron chi connectivity index (χ1n) is 11.4. The van der Waals surface area contributed by atoms with Crippen molar-refractivity contribution in [1.29, 1.82) is 0 Å². The second kappa shape index (κ2) is 9.26. The second-order valence-electron chi connectivity index (χ2n) is 8.64. The van der Waals surface area contributed by atoms with Crippen LogP contribution in [0, 0.1) is 0 Å². The normalized spacial score (nSPS) is 19.0. The van der Waals surface area contributed by atoms with Crippen molar-refractivity contribution in [2.45, 2.75) is 55.2 Å². The Morgan fingerprint density at radius 3 is 2.67 bits per heavy atom. The van der Waals surface area contributed by atoms with Crippen LogP contribution in [0.15, 0.2) is 46.0 Å². The molecule has 1 N–H and O–H groups in total. The van der Waals surface area contributed by atoms with Gasteiger partial charge in [0.25, 0.3) is 15.9 Å². The third-order valence-electron chi connectivity index (χ3n) is 6.36. The largest absolute Gasteiger partial charge is 0.338 e. The second-order valence-corrected chi connectivity index (χ2v) is 11.5. The van der Waals surface area contributed by atoms with Gasteiger partial charge in [0.15, 0.2) is 0 Å². The Kier molecular flexibility index (Phi) is 6.20. The summed E-state index contributed by atoms with van der Waals surface area (Å²) in [6.45, 7) is 2.30. The lowest BCUT2D eigenvalue weighted by molar-refractivity contribution is 0.0703. The molecule has 1 saturated heterocycles. The molecule has 8 nitrogen and oxygen atoms in total. The van der Waals surface area contributed by atoms with Gasteiger partial charge in [0.1, 0.15) is 15.9 Å².